The Balaban J connectivity index is 2.16. The maximum atomic E-state index is 12.7. The molecule has 6 heteroatoms. The lowest BCUT2D eigenvalue weighted by Crippen LogP contribution is -2.29. The molecule has 28 heavy (non-hydrogen) atoms. The van der Waals surface area contributed by atoms with Crippen LogP contribution < -0.4 is 10.1 Å². The van der Waals surface area contributed by atoms with E-state index in [1.165, 1.54) is 12.3 Å². The van der Waals surface area contributed by atoms with Crippen LogP contribution in [0.5, 0.6) is 5.75 Å². The van der Waals surface area contributed by atoms with Gasteiger partial charge in [-0.2, -0.15) is 5.26 Å². The smallest absolute Gasteiger partial charge is 0.262 e. The molecule has 6 nitrogen and oxygen atoms in total. The second-order valence-corrected chi connectivity index (χ2v) is 6.27. The molecule has 0 saturated heterocycles. The van der Waals surface area contributed by atoms with Crippen molar-refractivity contribution in [2.45, 2.75) is 32.7 Å². The van der Waals surface area contributed by atoms with Crippen molar-refractivity contribution in [2.75, 3.05) is 6.61 Å². The molecule has 0 radical (unpaired) electrons. The number of ether oxygens (including phenoxy) is 1. The molecule has 1 aromatic heterocycles. The van der Waals surface area contributed by atoms with Crippen LogP contribution in [-0.2, 0) is 4.79 Å². The lowest BCUT2D eigenvalue weighted by molar-refractivity contribution is -0.117. The van der Waals surface area contributed by atoms with Crippen LogP contribution in [0.25, 0.3) is 6.08 Å². The van der Waals surface area contributed by atoms with Gasteiger partial charge in [0.2, 0.25) is 0 Å². The van der Waals surface area contributed by atoms with Gasteiger partial charge in [-0.3, -0.25) is 9.78 Å². The molecule has 0 fully saturated rings. The molecule has 2 rings (SSSR count). The maximum absolute atomic E-state index is 12.7. The Kier molecular flexibility index (Phi) is 7.92. The van der Waals surface area contributed by atoms with Gasteiger partial charge in [-0.15, -0.1) is 0 Å². The predicted octanol–water partition coefficient (Wildman–Crippen LogP) is 3.98. The Morgan fingerprint density at radius 1 is 1.32 bits per heavy atom. The Morgan fingerprint density at radius 2 is 2.07 bits per heavy atom. The summed E-state index contributed by atoms with van der Waals surface area (Å²) >= 11 is 0. The molecule has 0 saturated carbocycles. The van der Waals surface area contributed by atoms with E-state index in [-0.39, 0.29) is 18.2 Å². The summed E-state index contributed by atoms with van der Waals surface area (Å²) in [5.41, 5.74) is 2.35. The minimum Gasteiger partial charge on any atom is -0.488 e. The molecule has 144 valence electrons. The number of aromatic nitrogens is 1. The van der Waals surface area contributed by atoms with Crippen molar-refractivity contribution in [3.8, 4) is 11.8 Å². The largest absolute Gasteiger partial charge is 0.488 e. The summed E-state index contributed by atoms with van der Waals surface area (Å²) < 4.78 is 5.37. The number of carbonyl (C=O) groups excluding carboxylic acids is 1. The highest BCUT2D eigenvalue weighted by Crippen LogP contribution is 2.22. The summed E-state index contributed by atoms with van der Waals surface area (Å²) in [7, 11) is 0. The monoisotopic (exact) mass is 376 g/mol. The van der Waals surface area contributed by atoms with Crippen LogP contribution in [0.1, 0.15) is 42.8 Å². The fourth-order valence-electron chi connectivity index (χ4n) is 2.72. The molecule has 1 atom stereocenters. The Morgan fingerprint density at radius 3 is 2.68 bits per heavy atom. The van der Waals surface area contributed by atoms with Gasteiger partial charge < -0.3 is 15.5 Å². The molecule has 0 aliphatic heterocycles. The molecule has 1 amide bonds. The zero-order valence-electron chi connectivity index (χ0n) is 16.1. The second-order valence-electron chi connectivity index (χ2n) is 6.27. The highest BCUT2D eigenvalue weighted by molar-refractivity contribution is 6.01. The first kappa shape index (κ1) is 20.8. The van der Waals surface area contributed by atoms with Gasteiger partial charge in [0.25, 0.3) is 5.91 Å². The topological polar surface area (TPSA) is 98.9 Å². The van der Waals surface area contributed by atoms with Crippen molar-refractivity contribution in [1.82, 2.24) is 10.3 Å². The number of amides is 1. The molecule has 1 aromatic carbocycles. The predicted molar refractivity (Wildman–Crippen MR) is 109 cm³/mol. The van der Waals surface area contributed by atoms with Crippen molar-refractivity contribution in [3.63, 3.8) is 0 Å². The minimum atomic E-state index is -0.423. The Hall–Kier alpha value is -3.46. The first-order valence-corrected chi connectivity index (χ1v) is 9.15. The van der Waals surface area contributed by atoms with Crippen molar-refractivity contribution >= 4 is 18.2 Å². The van der Waals surface area contributed by atoms with Crippen molar-refractivity contribution < 1.29 is 9.53 Å². The average molecular weight is 376 g/mol. The average Bonchev–Trinajstić information content (AvgIpc) is 2.70. The number of hydrogen-bond acceptors (Lipinski definition) is 5. The summed E-state index contributed by atoms with van der Waals surface area (Å²) in [6.45, 7) is 4.12. The van der Waals surface area contributed by atoms with Gasteiger partial charge in [0, 0.05) is 11.9 Å². The maximum Gasteiger partial charge on any atom is 0.262 e. The Bertz CT molecular complexity index is 882. The molecule has 0 spiro atoms. The molecule has 2 N–H and O–H groups in total. The van der Waals surface area contributed by atoms with Crippen LogP contribution in [-0.4, -0.2) is 23.7 Å². The van der Waals surface area contributed by atoms with E-state index in [0.29, 0.717) is 11.4 Å². The van der Waals surface area contributed by atoms with Gasteiger partial charge in [-0.05, 0) is 49.2 Å². The van der Waals surface area contributed by atoms with Crippen molar-refractivity contribution in [2.24, 2.45) is 0 Å². The molecular formula is C22H24N4O2. The number of nitrogens with zero attached hydrogens (tertiary/aromatic N) is 2. The van der Waals surface area contributed by atoms with Gasteiger partial charge in [0.1, 0.15) is 24.0 Å². The normalized spacial score (nSPS) is 12.0. The van der Waals surface area contributed by atoms with E-state index in [9.17, 15) is 10.1 Å². The molecule has 2 aromatic rings. The third kappa shape index (κ3) is 6.06. The van der Waals surface area contributed by atoms with E-state index < -0.39 is 5.91 Å². The summed E-state index contributed by atoms with van der Waals surface area (Å²) in [6.07, 6.45) is 4.31. The number of carbonyl (C=O) groups is 1. The number of nitriles is 1. The SMILES string of the molecule is CCC[C@H](NC(=O)/C(C#N)=C/c1cccc(C)n1)c1ccc(OCC=N)cc1. The second kappa shape index (κ2) is 10.6. The number of pyridine rings is 1. The third-order valence-electron chi connectivity index (χ3n) is 4.07. The van der Waals surface area contributed by atoms with Gasteiger partial charge in [0.05, 0.1) is 11.7 Å². The number of nitrogens with one attached hydrogen (secondary N) is 2. The standard InChI is InChI=1S/C22H24N4O2/c1-3-5-21(17-8-10-20(11-9-17)28-13-12-23)26-22(27)18(15-24)14-19-7-4-6-16(2)25-19/h4,6-12,14,21,23H,3,5,13H2,1-2H3,(H,26,27)/b18-14+,23-12?/t21-/m0/s1. The summed E-state index contributed by atoms with van der Waals surface area (Å²) in [4.78, 5) is 17.0. The highest BCUT2D eigenvalue weighted by atomic mass is 16.5. The zero-order valence-corrected chi connectivity index (χ0v) is 16.1. The molecule has 0 aliphatic rings. The lowest BCUT2D eigenvalue weighted by Gasteiger charge is -2.19. The van der Waals surface area contributed by atoms with E-state index in [4.69, 9.17) is 10.1 Å². The van der Waals surface area contributed by atoms with Crippen LogP contribution in [0.2, 0.25) is 0 Å². The van der Waals surface area contributed by atoms with Crippen LogP contribution in [0.3, 0.4) is 0 Å². The molecular weight excluding hydrogens is 352 g/mol. The number of benzene rings is 1. The first-order chi connectivity index (χ1) is 13.6. The van der Waals surface area contributed by atoms with Crippen LogP contribution in [0, 0.1) is 23.7 Å². The zero-order chi connectivity index (χ0) is 20.4. The minimum absolute atomic E-state index is 0.0186. The van der Waals surface area contributed by atoms with Crippen LogP contribution in [0.4, 0.5) is 0 Å². The summed E-state index contributed by atoms with van der Waals surface area (Å²) in [5.74, 6) is 0.241. The summed E-state index contributed by atoms with van der Waals surface area (Å²) in [5, 5.41) is 19.4. The number of hydrogen-bond donors (Lipinski definition) is 2. The van der Waals surface area contributed by atoms with Crippen molar-refractivity contribution in [3.05, 3.63) is 65.0 Å². The molecule has 0 aliphatic carbocycles. The first-order valence-electron chi connectivity index (χ1n) is 9.15. The highest BCUT2D eigenvalue weighted by Gasteiger charge is 2.17. The molecule has 0 unspecified atom stereocenters. The van der Waals surface area contributed by atoms with Gasteiger partial charge in [-0.25, -0.2) is 0 Å². The van der Waals surface area contributed by atoms with E-state index in [1.54, 1.807) is 6.07 Å². The fourth-order valence-corrected chi connectivity index (χ4v) is 2.72. The lowest BCUT2D eigenvalue weighted by atomic mass is 10.0. The molecule has 0 bridgehead atoms. The van der Waals surface area contributed by atoms with E-state index in [0.717, 1.165) is 24.1 Å². The van der Waals surface area contributed by atoms with Crippen molar-refractivity contribution in [1.29, 1.82) is 10.7 Å². The quantitative estimate of drug-likeness (QED) is 0.393. The number of rotatable bonds is 9. The van der Waals surface area contributed by atoms with E-state index in [2.05, 4.69) is 10.3 Å². The summed E-state index contributed by atoms with van der Waals surface area (Å²) in [6, 6.07) is 14.6. The van der Waals surface area contributed by atoms with E-state index >= 15 is 0 Å². The van der Waals surface area contributed by atoms with Gasteiger partial charge in [-0.1, -0.05) is 31.5 Å². The van der Waals surface area contributed by atoms with Gasteiger partial charge >= 0.3 is 0 Å². The Labute approximate surface area is 165 Å². The van der Waals surface area contributed by atoms with Crippen LogP contribution in [0.15, 0.2) is 48.0 Å². The fraction of sp³-hybridized carbons (Fsp3) is 0.273. The van der Waals surface area contributed by atoms with Crippen LogP contribution >= 0.6 is 0 Å². The third-order valence-corrected chi connectivity index (χ3v) is 4.07. The van der Waals surface area contributed by atoms with E-state index in [1.807, 2.05) is 56.3 Å². The van der Waals surface area contributed by atoms with Gasteiger partial charge in [0.15, 0.2) is 0 Å². The molecule has 1 heterocycles. The number of aryl methyl sites for hydroxylation is 1.